The van der Waals surface area contributed by atoms with E-state index in [2.05, 4.69) is 9.97 Å². The third-order valence-electron chi connectivity index (χ3n) is 1.44. The minimum absolute atomic E-state index is 0.104. The van der Waals surface area contributed by atoms with Crippen LogP contribution in [-0.2, 0) is 0 Å². The molecule has 0 saturated carbocycles. The van der Waals surface area contributed by atoms with Gasteiger partial charge in [0.05, 0.1) is 5.69 Å². The number of aromatic nitrogens is 2. The molecule has 0 fully saturated rings. The highest BCUT2D eigenvalue weighted by molar-refractivity contribution is 7.98. The molecule has 0 unspecified atom stereocenters. The van der Waals surface area contributed by atoms with Crippen molar-refractivity contribution in [3.63, 3.8) is 0 Å². The van der Waals surface area contributed by atoms with Gasteiger partial charge in [-0.1, -0.05) is 11.8 Å². The van der Waals surface area contributed by atoms with Crippen LogP contribution < -0.4 is 5.56 Å². The molecule has 0 bridgehead atoms. The first-order chi connectivity index (χ1) is 5.69. The Labute approximate surface area is 73.4 Å². The molecular formula is C7H8N2O2S. The van der Waals surface area contributed by atoms with Gasteiger partial charge in [-0.15, -0.1) is 0 Å². The smallest absolute Gasteiger partial charge is 0.262 e. The largest absolute Gasteiger partial charge is 0.301 e. The van der Waals surface area contributed by atoms with Crippen molar-refractivity contribution in [1.29, 1.82) is 0 Å². The SMILES string of the molecule is CSc1nc(C)c(C=O)c(=O)[nH]1. The Morgan fingerprint density at radius 1 is 1.58 bits per heavy atom. The molecule has 12 heavy (non-hydrogen) atoms. The molecule has 0 amide bonds. The van der Waals surface area contributed by atoms with Crippen molar-refractivity contribution < 1.29 is 4.79 Å². The number of carbonyl (C=O) groups excluding carboxylic acids is 1. The van der Waals surface area contributed by atoms with Crippen molar-refractivity contribution in [1.82, 2.24) is 9.97 Å². The van der Waals surface area contributed by atoms with Gasteiger partial charge in [0.15, 0.2) is 11.4 Å². The summed E-state index contributed by atoms with van der Waals surface area (Å²) in [6.45, 7) is 1.64. The number of nitrogens with zero attached hydrogens (tertiary/aromatic N) is 1. The van der Waals surface area contributed by atoms with Gasteiger partial charge in [0, 0.05) is 0 Å². The van der Waals surface area contributed by atoms with E-state index < -0.39 is 0 Å². The second kappa shape index (κ2) is 3.53. The van der Waals surface area contributed by atoms with Gasteiger partial charge in [-0.05, 0) is 13.2 Å². The molecule has 4 nitrogen and oxygen atoms in total. The highest BCUT2D eigenvalue weighted by Crippen LogP contribution is 2.06. The first-order valence-electron chi connectivity index (χ1n) is 3.29. The van der Waals surface area contributed by atoms with Crippen LogP contribution in [0, 0.1) is 6.92 Å². The van der Waals surface area contributed by atoms with Crippen LogP contribution in [0.4, 0.5) is 0 Å². The summed E-state index contributed by atoms with van der Waals surface area (Å²) in [5, 5.41) is 0.531. The average Bonchev–Trinajstić information content (AvgIpc) is 2.03. The second-order valence-electron chi connectivity index (χ2n) is 2.19. The minimum atomic E-state index is -0.373. The Kier molecular flexibility index (Phi) is 2.65. The number of aryl methyl sites for hydroxylation is 1. The summed E-state index contributed by atoms with van der Waals surface area (Å²) >= 11 is 1.33. The molecule has 0 aliphatic rings. The fourth-order valence-corrected chi connectivity index (χ4v) is 1.23. The Morgan fingerprint density at radius 2 is 2.25 bits per heavy atom. The van der Waals surface area contributed by atoms with E-state index in [1.807, 2.05) is 0 Å². The van der Waals surface area contributed by atoms with Crippen LogP contribution in [0.2, 0.25) is 0 Å². The van der Waals surface area contributed by atoms with Crippen LogP contribution in [-0.4, -0.2) is 22.5 Å². The van der Waals surface area contributed by atoms with E-state index in [1.165, 1.54) is 11.8 Å². The van der Waals surface area contributed by atoms with Gasteiger partial charge >= 0.3 is 0 Å². The molecule has 0 aliphatic heterocycles. The zero-order valence-corrected chi connectivity index (χ0v) is 7.57. The van der Waals surface area contributed by atoms with Gasteiger partial charge in [0.1, 0.15) is 5.56 Å². The van der Waals surface area contributed by atoms with Crippen LogP contribution in [0.3, 0.4) is 0 Å². The van der Waals surface area contributed by atoms with E-state index >= 15 is 0 Å². The second-order valence-corrected chi connectivity index (χ2v) is 2.99. The molecule has 0 spiro atoms. The summed E-state index contributed by atoms with van der Waals surface area (Å²) in [7, 11) is 0. The summed E-state index contributed by atoms with van der Waals surface area (Å²) < 4.78 is 0. The predicted octanol–water partition coefficient (Wildman–Crippen LogP) is 0.613. The van der Waals surface area contributed by atoms with Gasteiger partial charge in [-0.2, -0.15) is 0 Å². The van der Waals surface area contributed by atoms with Crippen molar-refractivity contribution in [3.8, 4) is 0 Å². The molecule has 0 saturated heterocycles. The van der Waals surface area contributed by atoms with Gasteiger partial charge in [0.2, 0.25) is 0 Å². The third kappa shape index (κ3) is 1.55. The lowest BCUT2D eigenvalue weighted by Crippen LogP contribution is -2.16. The summed E-state index contributed by atoms with van der Waals surface area (Å²) in [6.07, 6.45) is 2.32. The number of rotatable bonds is 2. The molecule has 1 aromatic rings. The van der Waals surface area contributed by atoms with E-state index in [1.54, 1.807) is 13.2 Å². The standard InChI is InChI=1S/C7H8N2O2S/c1-4-5(3-10)6(11)9-7(8-4)12-2/h3H,1-2H3,(H,8,9,11). The number of thioether (sulfide) groups is 1. The summed E-state index contributed by atoms with van der Waals surface area (Å²) in [6, 6.07) is 0. The number of hydrogen-bond acceptors (Lipinski definition) is 4. The lowest BCUT2D eigenvalue weighted by Gasteiger charge is -1.98. The molecule has 1 rings (SSSR count). The maximum absolute atomic E-state index is 11.1. The highest BCUT2D eigenvalue weighted by atomic mass is 32.2. The van der Waals surface area contributed by atoms with Crippen LogP contribution in [0.15, 0.2) is 9.95 Å². The van der Waals surface area contributed by atoms with E-state index in [0.717, 1.165) is 0 Å². The van der Waals surface area contributed by atoms with Crippen LogP contribution >= 0.6 is 11.8 Å². The molecular weight excluding hydrogens is 176 g/mol. The summed E-state index contributed by atoms with van der Waals surface area (Å²) in [5.41, 5.74) is 0.202. The number of H-pyrrole nitrogens is 1. The molecule has 1 aromatic heterocycles. The van der Waals surface area contributed by atoms with Crippen LogP contribution in [0.1, 0.15) is 16.1 Å². The molecule has 5 heteroatoms. The Morgan fingerprint density at radius 3 is 2.67 bits per heavy atom. The van der Waals surface area contributed by atoms with Gasteiger partial charge in [0.25, 0.3) is 5.56 Å². The number of aldehydes is 1. The van der Waals surface area contributed by atoms with E-state index in [4.69, 9.17) is 0 Å². The maximum Gasteiger partial charge on any atom is 0.262 e. The highest BCUT2D eigenvalue weighted by Gasteiger charge is 2.05. The molecule has 64 valence electrons. The molecule has 0 atom stereocenters. The zero-order valence-electron chi connectivity index (χ0n) is 6.75. The van der Waals surface area contributed by atoms with Crippen LogP contribution in [0.25, 0.3) is 0 Å². The van der Waals surface area contributed by atoms with E-state index in [9.17, 15) is 9.59 Å². The summed E-state index contributed by atoms with van der Waals surface area (Å²) in [5.74, 6) is 0. The maximum atomic E-state index is 11.1. The number of carbonyl (C=O) groups is 1. The summed E-state index contributed by atoms with van der Waals surface area (Å²) in [4.78, 5) is 28.0. The Bertz CT molecular complexity index is 359. The quantitative estimate of drug-likeness (QED) is 0.415. The van der Waals surface area contributed by atoms with E-state index in [-0.39, 0.29) is 11.1 Å². The van der Waals surface area contributed by atoms with Crippen LogP contribution in [0.5, 0.6) is 0 Å². The number of nitrogens with one attached hydrogen (secondary N) is 1. The van der Waals surface area contributed by atoms with Crippen molar-refractivity contribution in [2.75, 3.05) is 6.26 Å². The Balaban J connectivity index is 3.38. The minimum Gasteiger partial charge on any atom is -0.301 e. The normalized spacial score (nSPS) is 9.83. The first kappa shape index (κ1) is 8.99. The lowest BCUT2D eigenvalue weighted by molar-refractivity contribution is 0.112. The fraction of sp³-hybridized carbons (Fsp3) is 0.286. The number of aromatic amines is 1. The molecule has 0 aromatic carbocycles. The van der Waals surface area contributed by atoms with Gasteiger partial charge < -0.3 is 4.98 Å². The topological polar surface area (TPSA) is 62.8 Å². The van der Waals surface area contributed by atoms with Crippen molar-refractivity contribution >= 4 is 18.0 Å². The average molecular weight is 184 g/mol. The number of hydrogen-bond donors (Lipinski definition) is 1. The fourth-order valence-electron chi connectivity index (χ4n) is 0.805. The zero-order chi connectivity index (χ0) is 9.14. The van der Waals surface area contributed by atoms with Crippen molar-refractivity contribution in [2.45, 2.75) is 12.1 Å². The molecule has 1 heterocycles. The molecule has 0 aliphatic carbocycles. The van der Waals surface area contributed by atoms with E-state index in [0.29, 0.717) is 17.1 Å². The predicted molar refractivity (Wildman–Crippen MR) is 46.8 cm³/mol. The lowest BCUT2D eigenvalue weighted by atomic mass is 10.3. The Hall–Kier alpha value is -1.10. The van der Waals surface area contributed by atoms with Crippen molar-refractivity contribution in [2.24, 2.45) is 0 Å². The third-order valence-corrected chi connectivity index (χ3v) is 2.02. The monoisotopic (exact) mass is 184 g/mol. The van der Waals surface area contributed by atoms with Crippen molar-refractivity contribution in [3.05, 3.63) is 21.6 Å². The molecule has 0 radical (unpaired) electrons. The molecule has 1 N–H and O–H groups in total. The first-order valence-corrected chi connectivity index (χ1v) is 4.51. The van der Waals surface area contributed by atoms with Gasteiger partial charge in [-0.25, -0.2) is 4.98 Å². The van der Waals surface area contributed by atoms with Gasteiger partial charge in [-0.3, -0.25) is 9.59 Å².